The SMILES string of the molecule is CC1/C=C\C=C/CC2=C(C=CCC=C2)C1. The molecule has 0 spiro atoms. The lowest BCUT2D eigenvalue weighted by molar-refractivity contribution is 0.723. The molecule has 0 fully saturated rings. The van der Waals surface area contributed by atoms with E-state index in [1.807, 2.05) is 0 Å². The lowest BCUT2D eigenvalue weighted by Crippen LogP contribution is -1.94. The van der Waals surface area contributed by atoms with Gasteiger partial charge in [0.15, 0.2) is 0 Å². The van der Waals surface area contributed by atoms with Crippen LogP contribution < -0.4 is 0 Å². The fourth-order valence-electron chi connectivity index (χ4n) is 2.05. The molecule has 1 atom stereocenters. The summed E-state index contributed by atoms with van der Waals surface area (Å²) < 4.78 is 0. The molecule has 0 saturated carbocycles. The maximum absolute atomic E-state index is 2.30. The first-order valence-corrected chi connectivity index (χ1v) is 5.74. The number of hydrogen-bond acceptors (Lipinski definition) is 0. The van der Waals surface area contributed by atoms with Gasteiger partial charge in [0.05, 0.1) is 0 Å². The van der Waals surface area contributed by atoms with Crippen molar-refractivity contribution in [3.8, 4) is 0 Å². The second-order valence-corrected chi connectivity index (χ2v) is 4.29. The van der Waals surface area contributed by atoms with Crippen LogP contribution in [0.4, 0.5) is 0 Å². The minimum atomic E-state index is 0.633. The van der Waals surface area contributed by atoms with Gasteiger partial charge in [-0.25, -0.2) is 0 Å². The Bertz CT molecular complexity index is 361. The minimum Gasteiger partial charge on any atom is -0.0814 e. The van der Waals surface area contributed by atoms with Gasteiger partial charge < -0.3 is 0 Å². The highest BCUT2D eigenvalue weighted by Gasteiger charge is 2.07. The smallest absolute Gasteiger partial charge is 0.00917 e. The Morgan fingerprint density at radius 1 is 1.00 bits per heavy atom. The van der Waals surface area contributed by atoms with Gasteiger partial charge in [0.25, 0.3) is 0 Å². The van der Waals surface area contributed by atoms with Crippen LogP contribution in [-0.4, -0.2) is 0 Å². The summed E-state index contributed by atoms with van der Waals surface area (Å²) in [5, 5.41) is 0. The molecule has 0 nitrogen and oxygen atoms in total. The van der Waals surface area contributed by atoms with Gasteiger partial charge in [-0.3, -0.25) is 0 Å². The Labute approximate surface area is 92.4 Å². The van der Waals surface area contributed by atoms with Crippen molar-refractivity contribution in [2.45, 2.75) is 26.2 Å². The molecule has 0 heteroatoms. The Morgan fingerprint density at radius 3 is 2.67 bits per heavy atom. The summed E-state index contributed by atoms with van der Waals surface area (Å²) in [5.41, 5.74) is 2.99. The molecule has 78 valence electrons. The number of hydrogen-bond donors (Lipinski definition) is 0. The van der Waals surface area contributed by atoms with Gasteiger partial charge in [-0.05, 0) is 36.3 Å². The number of allylic oxidation sites excluding steroid dienone is 10. The Hall–Kier alpha value is -1.30. The minimum absolute atomic E-state index is 0.633. The van der Waals surface area contributed by atoms with E-state index in [-0.39, 0.29) is 0 Å². The standard InChI is InChI=1S/C15H18/c1-13-8-4-2-5-9-14-10-6-3-7-11-15(14)12-13/h2,4-8,10-11,13H,3,9,12H2,1H3/b5-2-,8-4-. The van der Waals surface area contributed by atoms with Gasteiger partial charge in [0.1, 0.15) is 0 Å². The fraction of sp³-hybridized carbons (Fsp3) is 0.333. The predicted octanol–water partition coefficient (Wildman–Crippen LogP) is 4.34. The van der Waals surface area contributed by atoms with Crippen molar-refractivity contribution in [2.24, 2.45) is 5.92 Å². The van der Waals surface area contributed by atoms with E-state index in [1.54, 1.807) is 0 Å². The Morgan fingerprint density at radius 2 is 1.80 bits per heavy atom. The van der Waals surface area contributed by atoms with E-state index in [0.717, 1.165) is 19.3 Å². The maximum atomic E-state index is 2.30. The van der Waals surface area contributed by atoms with E-state index in [0.29, 0.717) is 5.92 Å². The van der Waals surface area contributed by atoms with Crippen LogP contribution in [0.15, 0.2) is 59.8 Å². The zero-order valence-corrected chi connectivity index (χ0v) is 9.32. The topological polar surface area (TPSA) is 0 Å². The average molecular weight is 198 g/mol. The first-order valence-electron chi connectivity index (χ1n) is 5.74. The summed E-state index contributed by atoms with van der Waals surface area (Å²) in [6.07, 6.45) is 21.3. The third-order valence-electron chi connectivity index (χ3n) is 2.89. The third kappa shape index (κ3) is 2.82. The van der Waals surface area contributed by atoms with Gasteiger partial charge in [-0.15, -0.1) is 0 Å². The van der Waals surface area contributed by atoms with Crippen molar-refractivity contribution >= 4 is 0 Å². The molecule has 0 aromatic heterocycles. The van der Waals surface area contributed by atoms with Crippen LogP contribution in [0.5, 0.6) is 0 Å². The lowest BCUT2D eigenvalue weighted by Gasteiger charge is -2.10. The highest BCUT2D eigenvalue weighted by atomic mass is 14.1. The van der Waals surface area contributed by atoms with E-state index < -0.39 is 0 Å². The van der Waals surface area contributed by atoms with Gasteiger partial charge >= 0.3 is 0 Å². The quantitative estimate of drug-likeness (QED) is 0.543. The van der Waals surface area contributed by atoms with Crippen molar-refractivity contribution in [2.75, 3.05) is 0 Å². The predicted molar refractivity (Wildman–Crippen MR) is 66.6 cm³/mol. The molecular formula is C15H18. The van der Waals surface area contributed by atoms with E-state index in [9.17, 15) is 0 Å². The molecule has 0 aliphatic heterocycles. The molecule has 0 aromatic carbocycles. The largest absolute Gasteiger partial charge is 0.0814 e. The summed E-state index contributed by atoms with van der Waals surface area (Å²) in [6, 6.07) is 0. The highest BCUT2D eigenvalue weighted by Crippen LogP contribution is 2.24. The van der Waals surface area contributed by atoms with E-state index >= 15 is 0 Å². The molecule has 2 rings (SSSR count). The molecule has 2 aliphatic rings. The van der Waals surface area contributed by atoms with E-state index in [1.165, 1.54) is 11.1 Å². The Balaban J connectivity index is 2.31. The summed E-state index contributed by atoms with van der Waals surface area (Å²) >= 11 is 0. The molecule has 0 bridgehead atoms. The van der Waals surface area contributed by atoms with Crippen LogP contribution >= 0.6 is 0 Å². The van der Waals surface area contributed by atoms with Crippen LogP contribution in [0.25, 0.3) is 0 Å². The monoisotopic (exact) mass is 198 g/mol. The van der Waals surface area contributed by atoms with Crippen LogP contribution in [0.2, 0.25) is 0 Å². The highest BCUT2D eigenvalue weighted by molar-refractivity contribution is 5.38. The second kappa shape index (κ2) is 4.97. The fourth-order valence-corrected chi connectivity index (χ4v) is 2.05. The first-order chi connectivity index (χ1) is 7.36. The molecular weight excluding hydrogens is 180 g/mol. The summed E-state index contributed by atoms with van der Waals surface area (Å²) in [5.74, 6) is 0.633. The summed E-state index contributed by atoms with van der Waals surface area (Å²) in [4.78, 5) is 0. The van der Waals surface area contributed by atoms with Crippen molar-refractivity contribution in [1.82, 2.24) is 0 Å². The van der Waals surface area contributed by atoms with Crippen LogP contribution in [0.3, 0.4) is 0 Å². The first kappa shape index (κ1) is 10.2. The second-order valence-electron chi connectivity index (χ2n) is 4.29. The van der Waals surface area contributed by atoms with Crippen LogP contribution in [-0.2, 0) is 0 Å². The molecule has 0 heterocycles. The van der Waals surface area contributed by atoms with Gasteiger partial charge in [-0.2, -0.15) is 0 Å². The van der Waals surface area contributed by atoms with Crippen LogP contribution in [0.1, 0.15) is 26.2 Å². The molecule has 2 aliphatic carbocycles. The third-order valence-corrected chi connectivity index (χ3v) is 2.89. The van der Waals surface area contributed by atoms with Crippen molar-refractivity contribution < 1.29 is 0 Å². The van der Waals surface area contributed by atoms with Gasteiger partial charge in [0, 0.05) is 0 Å². The molecule has 0 N–H and O–H groups in total. The summed E-state index contributed by atoms with van der Waals surface area (Å²) in [7, 11) is 0. The normalized spacial score (nSPS) is 29.8. The van der Waals surface area contributed by atoms with Crippen molar-refractivity contribution in [3.63, 3.8) is 0 Å². The van der Waals surface area contributed by atoms with Gasteiger partial charge in [0.2, 0.25) is 0 Å². The molecule has 0 aromatic rings. The zero-order valence-electron chi connectivity index (χ0n) is 9.32. The van der Waals surface area contributed by atoms with Crippen molar-refractivity contribution in [1.29, 1.82) is 0 Å². The van der Waals surface area contributed by atoms with E-state index in [2.05, 4.69) is 55.5 Å². The average Bonchev–Trinajstić information content (AvgIpc) is 2.39. The number of rotatable bonds is 0. The molecule has 0 amide bonds. The van der Waals surface area contributed by atoms with Gasteiger partial charge in [-0.1, -0.05) is 55.5 Å². The lowest BCUT2D eigenvalue weighted by atomic mass is 9.96. The molecule has 1 unspecified atom stereocenters. The molecule has 15 heavy (non-hydrogen) atoms. The Kier molecular flexibility index (Phi) is 3.39. The zero-order chi connectivity index (χ0) is 10.5. The summed E-state index contributed by atoms with van der Waals surface area (Å²) in [6.45, 7) is 2.28. The maximum Gasteiger partial charge on any atom is -0.00917 e. The molecule has 0 radical (unpaired) electrons. The van der Waals surface area contributed by atoms with Crippen LogP contribution in [0, 0.1) is 5.92 Å². The van der Waals surface area contributed by atoms with E-state index in [4.69, 9.17) is 0 Å². The molecule has 0 saturated heterocycles. The van der Waals surface area contributed by atoms with Crippen molar-refractivity contribution in [3.05, 3.63) is 59.8 Å².